The molecule has 0 radical (unpaired) electrons. The smallest absolute Gasteiger partial charge is 0.340 e. The fraction of sp³-hybridized carbons (Fsp3) is 0.462. The van der Waals surface area contributed by atoms with Gasteiger partial charge in [0, 0.05) is 24.7 Å². The van der Waals surface area contributed by atoms with Gasteiger partial charge in [0.1, 0.15) is 5.82 Å². The number of aromatic nitrogens is 1. The standard InChI is InChI=1S/C13H18N3O3P/c1-13(12(14)18)3-6-16(7-4-13)10-8-9(2-5-15-10)11(17)19-20/h2,5,8H,3-4,6-7,20H2,1H3,(H2,14,18). The summed E-state index contributed by atoms with van der Waals surface area (Å²) in [6.45, 7) is 3.26. The summed E-state index contributed by atoms with van der Waals surface area (Å²) < 4.78 is 4.61. The summed E-state index contributed by atoms with van der Waals surface area (Å²) in [5, 5.41) is 0. The van der Waals surface area contributed by atoms with E-state index in [-0.39, 0.29) is 5.91 Å². The maximum absolute atomic E-state index is 11.5. The van der Waals surface area contributed by atoms with Crippen LogP contribution in [0.15, 0.2) is 18.3 Å². The van der Waals surface area contributed by atoms with Crippen LogP contribution in [-0.4, -0.2) is 29.9 Å². The van der Waals surface area contributed by atoms with Crippen molar-refractivity contribution >= 4 is 27.2 Å². The lowest BCUT2D eigenvalue weighted by molar-refractivity contribution is -0.127. The van der Waals surface area contributed by atoms with E-state index >= 15 is 0 Å². The number of nitrogens with zero attached hydrogens (tertiary/aromatic N) is 2. The molecule has 108 valence electrons. The monoisotopic (exact) mass is 295 g/mol. The van der Waals surface area contributed by atoms with Crippen LogP contribution < -0.4 is 10.6 Å². The van der Waals surface area contributed by atoms with Crippen molar-refractivity contribution in [1.29, 1.82) is 0 Å². The largest absolute Gasteiger partial charge is 0.448 e. The molecule has 0 aromatic carbocycles. The van der Waals surface area contributed by atoms with E-state index in [1.54, 1.807) is 18.3 Å². The van der Waals surface area contributed by atoms with Crippen molar-refractivity contribution in [3.63, 3.8) is 0 Å². The predicted molar refractivity (Wildman–Crippen MR) is 78.1 cm³/mol. The molecule has 1 fully saturated rings. The summed E-state index contributed by atoms with van der Waals surface area (Å²) >= 11 is 0. The molecule has 1 atom stereocenters. The molecule has 2 rings (SSSR count). The van der Waals surface area contributed by atoms with E-state index in [4.69, 9.17) is 5.73 Å². The number of hydrogen-bond acceptors (Lipinski definition) is 5. The number of carbonyl (C=O) groups excluding carboxylic acids is 2. The van der Waals surface area contributed by atoms with Crippen LogP contribution in [0.2, 0.25) is 0 Å². The fourth-order valence-electron chi connectivity index (χ4n) is 2.26. The van der Waals surface area contributed by atoms with Gasteiger partial charge in [0.15, 0.2) is 0 Å². The minimum absolute atomic E-state index is 0.259. The van der Waals surface area contributed by atoms with Gasteiger partial charge in [-0.05, 0) is 25.0 Å². The topological polar surface area (TPSA) is 85.5 Å². The molecule has 7 heteroatoms. The third kappa shape index (κ3) is 2.90. The van der Waals surface area contributed by atoms with Crippen LogP contribution in [0.25, 0.3) is 0 Å². The summed E-state index contributed by atoms with van der Waals surface area (Å²) in [7, 11) is 1.94. The van der Waals surface area contributed by atoms with Crippen LogP contribution in [0.4, 0.5) is 5.82 Å². The number of nitrogens with two attached hydrogens (primary N) is 1. The van der Waals surface area contributed by atoms with Gasteiger partial charge in [0.05, 0.1) is 15.0 Å². The first kappa shape index (κ1) is 14.7. The van der Waals surface area contributed by atoms with Gasteiger partial charge in [0.25, 0.3) is 0 Å². The van der Waals surface area contributed by atoms with Crippen molar-refractivity contribution in [1.82, 2.24) is 4.98 Å². The van der Waals surface area contributed by atoms with Gasteiger partial charge in [-0.1, -0.05) is 6.92 Å². The van der Waals surface area contributed by atoms with Crippen LogP contribution in [-0.2, 0) is 9.32 Å². The van der Waals surface area contributed by atoms with Gasteiger partial charge < -0.3 is 15.2 Å². The van der Waals surface area contributed by atoms with Crippen molar-refractivity contribution in [3.05, 3.63) is 23.9 Å². The molecule has 1 aliphatic rings. The second kappa shape index (κ2) is 5.75. The first-order valence-corrected chi connectivity index (χ1v) is 6.85. The third-order valence-corrected chi connectivity index (χ3v) is 4.09. The Morgan fingerprint density at radius 3 is 2.65 bits per heavy atom. The number of carbonyl (C=O) groups is 2. The van der Waals surface area contributed by atoms with Crippen LogP contribution in [0.5, 0.6) is 0 Å². The van der Waals surface area contributed by atoms with E-state index < -0.39 is 11.4 Å². The van der Waals surface area contributed by atoms with E-state index in [1.165, 1.54) is 0 Å². The first-order valence-electron chi connectivity index (χ1n) is 6.38. The molecule has 0 aliphatic carbocycles. The highest BCUT2D eigenvalue weighted by Crippen LogP contribution is 2.32. The Bertz CT molecular complexity index is 527. The summed E-state index contributed by atoms with van der Waals surface area (Å²) in [6, 6.07) is 3.30. The zero-order valence-corrected chi connectivity index (χ0v) is 12.5. The molecule has 1 aromatic rings. The van der Waals surface area contributed by atoms with E-state index in [9.17, 15) is 9.59 Å². The molecule has 1 aliphatic heterocycles. The van der Waals surface area contributed by atoms with E-state index in [1.807, 2.05) is 21.3 Å². The zero-order valence-electron chi connectivity index (χ0n) is 11.3. The molecular weight excluding hydrogens is 277 g/mol. The molecule has 1 unspecified atom stereocenters. The van der Waals surface area contributed by atoms with Crippen molar-refractivity contribution in [3.8, 4) is 0 Å². The van der Waals surface area contributed by atoms with E-state index in [2.05, 4.69) is 9.51 Å². The Morgan fingerprint density at radius 1 is 1.45 bits per heavy atom. The van der Waals surface area contributed by atoms with Gasteiger partial charge in [-0.3, -0.25) is 4.79 Å². The third-order valence-electron chi connectivity index (χ3n) is 3.87. The zero-order chi connectivity index (χ0) is 14.8. The Hall–Kier alpha value is -1.68. The summed E-state index contributed by atoms with van der Waals surface area (Å²) in [5.74, 6) is 0.0347. The summed E-state index contributed by atoms with van der Waals surface area (Å²) in [5.41, 5.74) is 5.43. The Balaban J connectivity index is 2.11. The van der Waals surface area contributed by atoms with E-state index in [0.29, 0.717) is 37.3 Å². The summed E-state index contributed by atoms with van der Waals surface area (Å²) in [6.07, 6.45) is 2.94. The highest BCUT2D eigenvalue weighted by molar-refractivity contribution is 7.10. The minimum atomic E-state index is -0.451. The number of amides is 1. The molecular formula is C13H18N3O3P. The number of primary amides is 1. The van der Waals surface area contributed by atoms with Crippen LogP contribution >= 0.6 is 9.47 Å². The molecule has 0 bridgehead atoms. The molecule has 20 heavy (non-hydrogen) atoms. The van der Waals surface area contributed by atoms with Gasteiger partial charge in [-0.25, -0.2) is 9.78 Å². The van der Waals surface area contributed by atoms with Crippen molar-refractivity contribution < 1.29 is 14.1 Å². The Labute approximate surface area is 120 Å². The lowest BCUT2D eigenvalue weighted by Crippen LogP contribution is -2.45. The second-order valence-electron chi connectivity index (χ2n) is 5.22. The van der Waals surface area contributed by atoms with Crippen molar-refractivity contribution in [2.75, 3.05) is 18.0 Å². The number of anilines is 1. The lowest BCUT2D eigenvalue weighted by atomic mass is 9.80. The summed E-state index contributed by atoms with van der Waals surface area (Å²) in [4.78, 5) is 29.2. The van der Waals surface area contributed by atoms with Gasteiger partial charge in [0.2, 0.25) is 5.91 Å². The molecule has 2 N–H and O–H groups in total. The SMILES string of the molecule is CC1(C(N)=O)CCN(c2cc(C(=O)OP)ccn2)CC1. The lowest BCUT2D eigenvalue weighted by Gasteiger charge is -2.37. The van der Waals surface area contributed by atoms with Crippen LogP contribution in [0, 0.1) is 5.41 Å². The number of pyridine rings is 1. The number of hydrogen-bond donors (Lipinski definition) is 1. The second-order valence-corrected chi connectivity index (χ2v) is 5.46. The van der Waals surface area contributed by atoms with Gasteiger partial charge >= 0.3 is 5.97 Å². The van der Waals surface area contributed by atoms with Crippen LogP contribution in [0.3, 0.4) is 0 Å². The fourth-order valence-corrected chi connectivity index (χ4v) is 2.40. The van der Waals surface area contributed by atoms with E-state index in [0.717, 1.165) is 0 Å². The minimum Gasteiger partial charge on any atom is -0.448 e. The van der Waals surface area contributed by atoms with Crippen molar-refractivity contribution in [2.24, 2.45) is 11.1 Å². The molecule has 2 heterocycles. The molecule has 1 saturated heterocycles. The molecule has 1 aromatic heterocycles. The molecule has 0 spiro atoms. The molecule has 1 amide bonds. The normalized spacial score (nSPS) is 17.6. The average Bonchev–Trinajstić information content (AvgIpc) is 2.47. The number of rotatable bonds is 3. The number of piperidine rings is 1. The first-order chi connectivity index (χ1) is 9.46. The van der Waals surface area contributed by atoms with Gasteiger partial charge in [-0.2, -0.15) is 0 Å². The highest BCUT2D eigenvalue weighted by Gasteiger charge is 2.35. The Morgan fingerprint density at radius 2 is 2.10 bits per heavy atom. The van der Waals surface area contributed by atoms with Gasteiger partial charge in [-0.15, -0.1) is 0 Å². The molecule has 6 nitrogen and oxygen atoms in total. The Kier molecular flexibility index (Phi) is 4.23. The highest BCUT2D eigenvalue weighted by atomic mass is 31.0. The molecule has 0 saturated carbocycles. The average molecular weight is 295 g/mol. The maximum atomic E-state index is 11.5. The van der Waals surface area contributed by atoms with Crippen LogP contribution in [0.1, 0.15) is 30.1 Å². The maximum Gasteiger partial charge on any atom is 0.340 e. The predicted octanol–water partition coefficient (Wildman–Crippen LogP) is 1.12. The quantitative estimate of drug-likeness (QED) is 0.845. The van der Waals surface area contributed by atoms with Crippen molar-refractivity contribution in [2.45, 2.75) is 19.8 Å².